The summed E-state index contributed by atoms with van der Waals surface area (Å²) < 4.78 is 0. The van der Waals surface area contributed by atoms with Gasteiger partial charge in [-0.3, -0.25) is 0 Å². The van der Waals surface area contributed by atoms with E-state index >= 15 is 0 Å². The summed E-state index contributed by atoms with van der Waals surface area (Å²) in [4.78, 5) is 0. The molecule has 0 bridgehead atoms. The summed E-state index contributed by atoms with van der Waals surface area (Å²) in [6.45, 7) is 6.59. The van der Waals surface area contributed by atoms with E-state index in [0.29, 0.717) is 0 Å². The maximum absolute atomic E-state index is 6.29. The zero-order chi connectivity index (χ0) is 12.5. The first-order chi connectivity index (χ1) is 7.98. The monoisotopic (exact) mass is 231 g/mol. The Morgan fingerprint density at radius 3 is 2.24 bits per heavy atom. The molecule has 0 heterocycles. The molecule has 1 aromatic carbocycles. The normalized spacial score (nSPS) is 25.9. The van der Waals surface area contributed by atoms with Crippen LogP contribution >= 0.6 is 0 Å². The fourth-order valence-electron chi connectivity index (χ4n) is 3.01. The van der Waals surface area contributed by atoms with Crippen LogP contribution in [-0.2, 0) is 5.54 Å². The Balaban J connectivity index is 2.26. The summed E-state index contributed by atoms with van der Waals surface area (Å²) in [6.07, 6.45) is 5.39. The molecule has 0 aromatic heterocycles. The Kier molecular flexibility index (Phi) is 3.58. The average Bonchev–Trinajstić information content (AvgIpc) is 2.29. The van der Waals surface area contributed by atoms with Gasteiger partial charge in [-0.05, 0) is 49.7 Å². The van der Waals surface area contributed by atoms with Gasteiger partial charge in [0.05, 0.1) is 0 Å². The number of benzene rings is 1. The zero-order valence-corrected chi connectivity index (χ0v) is 11.4. The summed E-state index contributed by atoms with van der Waals surface area (Å²) in [7, 11) is 0. The first-order valence-electron chi connectivity index (χ1n) is 6.87. The highest BCUT2D eigenvalue weighted by Gasteiger charge is 2.25. The number of hydrogen-bond donors (Lipinski definition) is 1. The van der Waals surface area contributed by atoms with E-state index in [1.807, 2.05) is 0 Å². The van der Waals surface area contributed by atoms with Gasteiger partial charge in [0.2, 0.25) is 0 Å². The van der Waals surface area contributed by atoms with E-state index in [4.69, 9.17) is 5.73 Å². The van der Waals surface area contributed by atoms with E-state index in [-0.39, 0.29) is 5.54 Å². The Hall–Kier alpha value is -0.820. The molecule has 1 aliphatic carbocycles. The minimum absolute atomic E-state index is 0.223. The van der Waals surface area contributed by atoms with Crippen molar-refractivity contribution in [3.05, 3.63) is 35.4 Å². The second-order valence-corrected chi connectivity index (χ2v) is 6.27. The predicted octanol–water partition coefficient (Wildman–Crippen LogP) is 4.17. The van der Waals surface area contributed by atoms with Gasteiger partial charge in [-0.2, -0.15) is 0 Å². The summed E-state index contributed by atoms with van der Waals surface area (Å²) >= 11 is 0. The van der Waals surface area contributed by atoms with Gasteiger partial charge in [0.15, 0.2) is 0 Å². The standard InChI is InChI=1S/C16H25N/c1-12-8-10-13(11-9-12)14-6-4-5-7-15(14)16(2,3)17/h4-7,12-13H,8-11,17H2,1-3H3. The van der Waals surface area contributed by atoms with Crippen LogP contribution in [0.1, 0.15) is 63.5 Å². The molecule has 0 amide bonds. The van der Waals surface area contributed by atoms with Gasteiger partial charge < -0.3 is 5.73 Å². The van der Waals surface area contributed by atoms with Crippen LogP contribution in [0.25, 0.3) is 0 Å². The Labute approximate surface area is 105 Å². The minimum atomic E-state index is -0.223. The van der Waals surface area contributed by atoms with Crippen LogP contribution in [-0.4, -0.2) is 0 Å². The molecule has 2 N–H and O–H groups in total. The second-order valence-electron chi connectivity index (χ2n) is 6.27. The van der Waals surface area contributed by atoms with Crippen molar-refractivity contribution in [3.63, 3.8) is 0 Å². The number of rotatable bonds is 2. The van der Waals surface area contributed by atoms with E-state index in [0.717, 1.165) is 11.8 Å². The molecule has 0 unspecified atom stereocenters. The molecule has 2 rings (SSSR count). The molecule has 0 atom stereocenters. The summed E-state index contributed by atoms with van der Waals surface area (Å²) in [6, 6.07) is 8.75. The lowest BCUT2D eigenvalue weighted by molar-refractivity contribution is 0.344. The number of hydrogen-bond acceptors (Lipinski definition) is 1. The van der Waals surface area contributed by atoms with Gasteiger partial charge in [-0.15, -0.1) is 0 Å². The van der Waals surface area contributed by atoms with Crippen molar-refractivity contribution in [3.8, 4) is 0 Å². The van der Waals surface area contributed by atoms with Crippen LogP contribution < -0.4 is 5.73 Å². The third-order valence-corrected chi connectivity index (χ3v) is 4.11. The highest BCUT2D eigenvalue weighted by Crippen LogP contribution is 2.38. The summed E-state index contributed by atoms with van der Waals surface area (Å²) in [5.74, 6) is 1.63. The molecule has 94 valence electrons. The molecule has 1 nitrogen and oxygen atoms in total. The van der Waals surface area contributed by atoms with Crippen molar-refractivity contribution in [1.29, 1.82) is 0 Å². The number of nitrogens with two attached hydrogens (primary N) is 1. The Bertz CT molecular complexity index is 367. The van der Waals surface area contributed by atoms with Gasteiger partial charge in [0.25, 0.3) is 0 Å². The van der Waals surface area contributed by atoms with Crippen LogP contribution in [0, 0.1) is 5.92 Å². The fraction of sp³-hybridized carbons (Fsp3) is 0.625. The lowest BCUT2D eigenvalue weighted by Gasteiger charge is -2.31. The van der Waals surface area contributed by atoms with Crippen molar-refractivity contribution in [2.75, 3.05) is 0 Å². The van der Waals surface area contributed by atoms with Crippen molar-refractivity contribution in [2.45, 2.75) is 57.9 Å². The Morgan fingerprint density at radius 1 is 1.06 bits per heavy atom. The van der Waals surface area contributed by atoms with Gasteiger partial charge in [0, 0.05) is 5.54 Å². The first-order valence-corrected chi connectivity index (χ1v) is 6.87. The van der Waals surface area contributed by atoms with E-state index in [2.05, 4.69) is 45.0 Å². The van der Waals surface area contributed by atoms with Gasteiger partial charge in [0.1, 0.15) is 0 Å². The smallest absolute Gasteiger partial charge is 0.0355 e. The zero-order valence-electron chi connectivity index (χ0n) is 11.4. The molecule has 17 heavy (non-hydrogen) atoms. The average molecular weight is 231 g/mol. The first kappa shape index (κ1) is 12.6. The van der Waals surface area contributed by atoms with E-state index in [9.17, 15) is 0 Å². The lowest BCUT2D eigenvalue weighted by atomic mass is 9.76. The van der Waals surface area contributed by atoms with Crippen molar-refractivity contribution < 1.29 is 0 Å². The lowest BCUT2D eigenvalue weighted by Crippen LogP contribution is -2.31. The minimum Gasteiger partial charge on any atom is -0.322 e. The van der Waals surface area contributed by atoms with Gasteiger partial charge in [-0.25, -0.2) is 0 Å². The third-order valence-electron chi connectivity index (χ3n) is 4.11. The van der Waals surface area contributed by atoms with E-state index in [1.54, 1.807) is 0 Å². The molecule has 0 radical (unpaired) electrons. The maximum Gasteiger partial charge on any atom is 0.0355 e. The van der Waals surface area contributed by atoms with Crippen LogP contribution in [0.15, 0.2) is 24.3 Å². The quantitative estimate of drug-likeness (QED) is 0.812. The molecule has 0 saturated heterocycles. The van der Waals surface area contributed by atoms with E-state index in [1.165, 1.54) is 36.8 Å². The van der Waals surface area contributed by atoms with Crippen LogP contribution in [0.3, 0.4) is 0 Å². The van der Waals surface area contributed by atoms with Gasteiger partial charge >= 0.3 is 0 Å². The largest absolute Gasteiger partial charge is 0.322 e. The molecule has 1 fully saturated rings. The summed E-state index contributed by atoms with van der Waals surface area (Å²) in [5.41, 5.74) is 8.89. The molecular weight excluding hydrogens is 206 g/mol. The highest BCUT2D eigenvalue weighted by molar-refractivity contribution is 5.35. The van der Waals surface area contributed by atoms with Crippen LogP contribution in [0.2, 0.25) is 0 Å². The molecular formula is C16H25N. The topological polar surface area (TPSA) is 26.0 Å². The molecule has 1 heteroatoms. The van der Waals surface area contributed by atoms with Crippen LogP contribution in [0.4, 0.5) is 0 Å². The molecule has 0 spiro atoms. The van der Waals surface area contributed by atoms with Crippen molar-refractivity contribution >= 4 is 0 Å². The predicted molar refractivity (Wildman–Crippen MR) is 74.0 cm³/mol. The molecule has 1 aromatic rings. The van der Waals surface area contributed by atoms with Crippen molar-refractivity contribution in [1.82, 2.24) is 0 Å². The highest BCUT2D eigenvalue weighted by atomic mass is 14.7. The van der Waals surface area contributed by atoms with Crippen LogP contribution in [0.5, 0.6) is 0 Å². The maximum atomic E-state index is 6.29. The molecule has 1 aliphatic rings. The molecule has 1 saturated carbocycles. The third kappa shape index (κ3) is 2.90. The Morgan fingerprint density at radius 2 is 1.65 bits per heavy atom. The van der Waals surface area contributed by atoms with Crippen molar-refractivity contribution in [2.24, 2.45) is 11.7 Å². The van der Waals surface area contributed by atoms with E-state index < -0.39 is 0 Å². The molecule has 0 aliphatic heterocycles. The second kappa shape index (κ2) is 4.81. The summed E-state index contributed by atoms with van der Waals surface area (Å²) in [5, 5.41) is 0. The SMILES string of the molecule is CC1CCC(c2ccccc2C(C)(C)N)CC1. The fourth-order valence-corrected chi connectivity index (χ4v) is 3.01. The van der Waals surface area contributed by atoms with Gasteiger partial charge in [-0.1, -0.05) is 44.0 Å².